The minimum Gasteiger partial charge on any atom is -0.341 e. The molecule has 26 heavy (non-hydrogen) atoms. The highest BCUT2D eigenvalue weighted by atomic mass is 32.2. The minimum absolute atomic E-state index is 0.203. The average Bonchev–Trinajstić information content (AvgIpc) is 2.62. The lowest BCUT2D eigenvalue weighted by Crippen LogP contribution is -2.58. The molecule has 0 aromatic heterocycles. The third-order valence-corrected chi connectivity index (χ3v) is 7.66. The lowest BCUT2D eigenvalue weighted by molar-refractivity contribution is -0.133. The Bertz CT molecular complexity index is 725. The Balaban J connectivity index is 1.70. The fraction of sp³-hybridized carbons (Fsp3) is 0.650. The van der Waals surface area contributed by atoms with Gasteiger partial charge in [0.25, 0.3) is 0 Å². The summed E-state index contributed by atoms with van der Waals surface area (Å²) in [6.07, 6.45) is 6.99. The summed E-state index contributed by atoms with van der Waals surface area (Å²) in [5.74, 6) is -0.232. The number of sulfone groups is 1. The quantitative estimate of drug-likeness (QED) is 0.805. The van der Waals surface area contributed by atoms with Crippen LogP contribution in [0.2, 0.25) is 0 Å². The summed E-state index contributed by atoms with van der Waals surface area (Å²) < 4.78 is 24.6. The van der Waals surface area contributed by atoms with E-state index in [0.717, 1.165) is 24.9 Å². The second kappa shape index (κ2) is 7.69. The molecule has 2 aliphatic heterocycles. The lowest BCUT2D eigenvalue weighted by Gasteiger charge is -2.50. The van der Waals surface area contributed by atoms with Crippen molar-refractivity contribution in [1.82, 2.24) is 9.80 Å². The highest BCUT2D eigenvalue weighted by Gasteiger charge is 2.42. The van der Waals surface area contributed by atoms with E-state index in [1.807, 2.05) is 30.3 Å². The van der Waals surface area contributed by atoms with Crippen LogP contribution in [0, 0.1) is 0 Å². The van der Waals surface area contributed by atoms with Gasteiger partial charge >= 0.3 is 0 Å². The largest absolute Gasteiger partial charge is 0.341 e. The van der Waals surface area contributed by atoms with Gasteiger partial charge in [-0.2, -0.15) is 0 Å². The normalized spacial score (nSPS) is 22.3. The molecule has 1 spiro atoms. The van der Waals surface area contributed by atoms with Crippen molar-refractivity contribution < 1.29 is 13.2 Å². The van der Waals surface area contributed by atoms with Gasteiger partial charge in [-0.15, -0.1) is 0 Å². The second-order valence-corrected chi connectivity index (χ2v) is 10.2. The van der Waals surface area contributed by atoms with E-state index >= 15 is 0 Å². The molecule has 1 aromatic rings. The monoisotopic (exact) mass is 378 g/mol. The Morgan fingerprint density at radius 3 is 2.31 bits per heavy atom. The molecular formula is C20H30N2O3S. The van der Waals surface area contributed by atoms with Crippen molar-refractivity contribution in [2.24, 2.45) is 0 Å². The maximum atomic E-state index is 13.0. The van der Waals surface area contributed by atoms with Gasteiger partial charge in [-0.1, -0.05) is 36.8 Å². The molecule has 3 rings (SSSR count). The molecule has 2 fully saturated rings. The first-order valence-corrected chi connectivity index (χ1v) is 11.5. The molecule has 0 saturated carbocycles. The zero-order valence-electron chi connectivity index (χ0n) is 15.9. The SMILES string of the molecule is CN1CCCCC12CCN(C(=O)C(Cc1ccccc1)S(C)(=O)=O)CC2. The number of benzene rings is 1. The van der Waals surface area contributed by atoms with E-state index in [1.165, 1.54) is 25.5 Å². The third-order valence-electron chi connectivity index (χ3n) is 6.26. The average molecular weight is 379 g/mol. The van der Waals surface area contributed by atoms with Crippen LogP contribution in [0.3, 0.4) is 0 Å². The van der Waals surface area contributed by atoms with E-state index in [1.54, 1.807) is 4.90 Å². The molecule has 2 heterocycles. The topological polar surface area (TPSA) is 57.7 Å². The van der Waals surface area contributed by atoms with Crippen molar-refractivity contribution in [1.29, 1.82) is 0 Å². The zero-order chi connectivity index (χ0) is 18.8. The van der Waals surface area contributed by atoms with Gasteiger partial charge in [0.05, 0.1) is 0 Å². The number of nitrogens with zero attached hydrogens (tertiary/aromatic N) is 2. The Hall–Kier alpha value is -1.40. The molecule has 1 aromatic carbocycles. The number of hydrogen-bond donors (Lipinski definition) is 0. The molecular weight excluding hydrogens is 348 g/mol. The molecule has 2 aliphatic rings. The van der Waals surface area contributed by atoms with E-state index in [2.05, 4.69) is 11.9 Å². The maximum Gasteiger partial charge on any atom is 0.241 e. The molecule has 1 unspecified atom stereocenters. The predicted octanol–water partition coefficient (Wildman–Crippen LogP) is 2.12. The molecule has 6 heteroatoms. The molecule has 0 bridgehead atoms. The molecule has 2 saturated heterocycles. The minimum atomic E-state index is -3.46. The van der Waals surface area contributed by atoms with Crippen molar-refractivity contribution >= 4 is 15.7 Å². The summed E-state index contributed by atoms with van der Waals surface area (Å²) in [5, 5.41) is -0.983. The van der Waals surface area contributed by atoms with Crippen LogP contribution >= 0.6 is 0 Å². The first kappa shape index (κ1) is 19.4. The van der Waals surface area contributed by atoms with Crippen LogP contribution in [-0.2, 0) is 21.1 Å². The lowest BCUT2D eigenvalue weighted by atomic mass is 9.79. The summed E-state index contributed by atoms with van der Waals surface area (Å²) in [7, 11) is -1.27. The molecule has 0 aliphatic carbocycles. The van der Waals surface area contributed by atoms with Crippen LogP contribution in [0.4, 0.5) is 0 Å². The van der Waals surface area contributed by atoms with Gasteiger partial charge in [-0.25, -0.2) is 8.42 Å². The van der Waals surface area contributed by atoms with Crippen molar-refractivity contribution in [2.75, 3.05) is 32.9 Å². The van der Waals surface area contributed by atoms with Crippen molar-refractivity contribution in [2.45, 2.75) is 49.3 Å². The van der Waals surface area contributed by atoms with Crippen LogP contribution in [0.15, 0.2) is 30.3 Å². The van der Waals surface area contributed by atoms with Gasteiger partial charge in [0, 0.05) is 24.9 Å². The molecule has 1 atom stereocenters. The number of carbonyl (C=O) groups excluding carboxylic acids is 1. The van der Waals surface area contributed by atoms with Crippen molar-refractivity contribution in [3.8, 4) is 0 Å². The number of rotatable bonds is 4. The molecule has 0 radical (unpaired) electrons. The van der Waals surface area contributed by atoms with E-state index in [9.17, 15) is 13.2 Å². The van der Waals surface area contributed by atoms with E-state index in [4.69, 9.17) is 0 Å². The van der Waals surface area contributed by atoms with Crippen LogP contribution in [0.1, 0.15) is 37.7 Å². The highest BCUT2D eigenvalue weighted by Crippen LogP contribution is 2.36. The number of amides is 1. The maximum absolute atomic E-state index is 13.0. The fourth-order valence-corrected chi connectivity index (χ4v) is 5.47. The molecule has 5 nitrogen and oxygen atoms in total. The molecule has 1 amide bonds. The number of likely N-dealkylation sites (tertiary alicyclic amines) is 2. The summed E-state index contributed by atoms with van der Waals surface area (Å²) >= 11 is 0. The van der Waals surface area contributed by atoms with Crippen LogP contribution < -0.4 is 0 Å². The summed E-state index contributed by atoms with van der Waals surface area (Å²) in [6.45, 7) is 2.43. The first-order valence-electron chi connectivity index (χ1n) is 9.55. The number of hydrogen-bond acceptors (Lipinski definition) is 4. The standard InChI is InChI=1S/C20H30N2O3S/c1-21-13-7-6-10-20(21)11-14-22(15-12-20)19(23)18(26(2,24)25)16-17-8-4-3-5-9-17/h3-5,8-9,18H,6-7,10-16H2,1-2H3. The third kappa shape index (κ3) is 4.12. The van der Waals surface area contributed by atoms with Gasteiger partial charge < -0.3 is 9.80 Å². The summed E-state index contributed by atoms with van der Waals surface area (Å²) in [6, 6.07) is 9.41. The number of piperidine rings is 2. The van der Waals surface area contributed by atoms with Crippen LogP contribution in [0.25, 0.3) is 0 Å². The summed E-state index contributed by atoms with van der Waals surface area (Å²) in [4.78, 5) is 17.3. The van der Waals surface area contributed by atoms with Gasteiger partial charge in [-0.3, -0.25) is 4.79 Å². The van der Waals surface area contributed by atoms with E-state index < -0.39 is 15.1 Å². The van der Waals surface area contributed by atoms with Gasteiger partial charge in [0.1, 0.15) is 5.25 Å². The van der Waals surface area contributed by atoms with Gasteiger partial charge in [0.2, 0.25) is 5.91 Å². The van der Waals surface area contributed by atoms with Gasteiger partial charge in [0.15, 0.2) is 9.84 Å². The first-order chi connectivity index (χ1) is 12.3. The Kier molecular flexibility index (Phi) is 5.72. The van der Waals surface area contributed by atoms with Crippen molar-refractivity contribution in [3.05, 3.63) is 35.9 Å². The molecule has 0 N–H and O–H groups in total. The second-order valence-electron chi connectivity index (χ2n) is 7.94. The Morgan fingerprint density at radius 1 is 1.08 bits per heavy atom. The zero-order valence-corrected chi connectivity index (χ0v) is 16.7. The Labute approximate surface area is 157 Å². The van der Waals surface area contributed by atoms with Crippen LogP contribution in [0.5, 0.6) is 0 Å². The predicted molar refractivity (Wildman–Crippen MR) is 104 cm³/mol. The van der Waals surface area contributed by atoms with Crippen molar-refractivity contribution in [3.63, 3.8) is 0 Å². The summed E-state index contributed by atoms with van der Waals surface area (Å²) in [5.41, 5.74) is 1.09. The Morgan fingerprint density at radius 2 is 1.73 bits per heavy atom. The highest BCUT2D eigenvalue weighted by molar-refractivity contribution is 7.92. The fourth-order valence-electron chi connectivity index (χ4n) is 4.46. The van der Waals surface area contributed by atoms with E-state index in [-0.39, 0.29) is 17.9 Å². The van der Waals surface area contributed by atoms with Gasteiger partial charge in [-0.05, 0) is 51.3 Å². The van der Waals surface area contributed by atoms with E-state index in [0.29, 0.717) is 13.1 Å². The smallest absolute Gasteiger partial charge is 0.241 e. The van der Waals surface area contributed by atoms with Crippen LogP contribution in [-0.4, -0.2) is 67.9 Å². The number of carbonyl (C=O) groups is 1. The molecule has 144 valence electrons.